The van der Waals surface area contributed by atoms with Crippen LogP contribution in [-0.2, 0) is 28.6 Å². The number of rotatable bonds is 8. The molecular weight excluding hydrogens is 476 g/mol. The van der Waals surface area contributed by atoms with Crippen LogP contribution >= 0.6 is 0 Å². The maximum absolute atomic E-state index is 12.4. The van der Waals surface area contributed by atoms with Gasteiger partial charge in [-0.25, -0.2) is 4.79 Å². The molecule has 4 saturated carbocycles. The molecule has 0 spiro atoms. The summed E-state index contributed by atoms with van der Waals surface area (Å²) < 4.78 is 15.5. The van der Waals surface area contributed by atoms with Gasteiger partial charge in [-0.2, -0.15) is 0 Å². The summed E-state index contributed by atoms with van der Waals surface area (Å²) in [6.07, 6.45) is 8.35. The predicted octanol–water partition coefficient (Wildman–Crippen LogP) is 5.76. The van der Waals surface area contributed by atoms with Crippen LogP contribution in [0.3, 0.4) is 0 Å². The van der Waals surface area contributed by atoms with E-state index in [4.69, 9.17) is 19.3 Å². The van der Waals surface area contributed by atoms with E-state index in [-0.39, 0.29) is 41.6 Å². The number of fused-ring (bicyclic) bond motifs is 5. The van der Waals surface area contributed by atoms with Crippen LogP contribution in [-0.4, -0.2) is 41.9 Å². The van der Waals surface area contributed by atoms with E-state index in [9.17, 15) is 19.2 Å². The third-order valence-electron chi connectivity index (χ3n) is 10.8. The Bertz CT molecular complexity index is 900. The first-order valence-electron chi connectivity index (χ1n) is 14.1. The summed E-state index contributed by atoms with van der Waals surface area (Å²) >= 11 is 0. The van der Waals surface area contributed by atoms with Crippen molar-refractivity contribution in [2.75, 3.05) is 6.79 Å². The molecule has 0 aromatic rings. The summed E-state index contributed by atoms with van der Waals surface area (Å²) in [7, 11) is 0. The van der Waals surface area contributed by atoms with Crippen LogP contribution in [0, 0.1) is 46.3 Å². The number of carbonyl (C=O) groups excluding carboxylic acids is 3. The molecular formula is C29H44O8. The number of carbonyl (C=O) groups is 4. The highest BCUT2D eigenvalue weighted by molar-refractivity contribution is 5.79. The molecule has 0 aromatic carbocycles. The molecule has 4 rings (SSSR count). The van der Waals surface area contributed by atoms with E-state index in [0.717, 1.165) is 38.5 Å². The fourth-order valence-electron chi connectivity index (χ4n) is 9.02. The normalized spacial score (nSPS) is 39.4. The van der Waals surface area contributed by atoms with Crippen LogP contribution in [0.25, 0.3) is 0 Å². The Kier molecular flexibility index (Phi) is 8.25. The molecule has 9 atom stereocenters. The molecule has 4 aliphatic carbocycles. The van der Waals surface area contributed by atoms with Crippen molar-refractivity contribution in [2.24, 2.45) is 46.3 Å². The van der Waals surface area contributed by atoms with Gasteiger partial charge < -0.3 is 19.3 Å². The van der Waals surface area contributed by atoms with Crippen molar-refractivity contribution in [1.82, 2.24) is 0 Å². The number of ether oxygens (including phenoxy) is 3. The van der Waals surface area contributed by atoms with Crippen molar-refractivity contribution in [2.45, 2.75) is 104 Å². The van der Waals surface area contributed by atoms with Crippen molar-refractivity contribution in [3.63, 3.8) is 0 Å². The van der Waals surface area contributed by atoms with Gasteiger partial charge in [0.1, 0.15) is 11.9 Å². The van der Waals surface area contributed by atoms with Crippen molar-refractivity contribution < 1.29 is 38.5 Å². The van der Waals surface area contributed by atoms with Gasteiger partial charge in [-0.15, -0.1) is 0 Å². The summed E-state index contributed by atoms with van der Waals surface area (Å²) in [5, 5.41) is 8.77. The average Bonchev–Trinajstić information content (AvgIpc) is 3.16. The summed E-state index contributed by atoms with van der Waals surface area (Å²) in [6, 6.07) is 0. The zero-order valence-electron chi connectivity index (χ0n) is 22.8. The van der Waals surface area contributed by atoms with Crippen LogP contribution in [0.15, 0.2) is 0 Å². The highest BCUT2D eigenvalue weighted by atomic mass is 16.8. The second-order valence-electron chi connectivity index (χ2n) is 12.9. The smallest absolute Gasteiger partial charge is 0.481 e. The average molecular weight is 521 g/mol. The van der Waals surface area contributed by atoms with E-state index in [1.54, 1.807) is 13.8 Å². The number of carboxylic acid groups (broad SMARTS) is 1. The molecule has 0 radical (unpaired) electrons. The zero-order valence-corrected chi connectivity index (χ0v) is 22.8. The molecule has 8 heteroatoms. The monoisotopic (exact) mass is 520 g/mol. The standard InChI is InChI=1S/C29H44O8/c1-17(13-25(31)32)14-26(33)35-16-36-27(34)37-20-9-11-28(3)19(15-20)5-6-21-23-8-7-22(18(2)30)29(23,4)12-10-24(21)28/h17,19-24H,5-16H2,1-4H3,(H,31,32)/t17?,19-,20+,21?,22?,23-,24-,28?,29?/m0/s1. The quantitative estimate of drug-likeness (QED) is 0.317. The van der Waals surface area contributed by atoms with Crippen LogP contribution in [0.4, 0.5) is 4.79 Å². The highest BCUT2D eigenvalue weighted by Gasteiger charge is 2.61. The number of Topliss-reactive ketones (excluding diaryl/α,β-unsaturated/α-hetero) is 1. The zero-order chi connectivity index (χ0) is 27.0. The molecule has 208 valence electrons. The molecule has 0 amide bonds. The van der Waals surface area contributed by atoms with E-state index < -0.39 is 24.9 Å². The summed E-state index contributed by atoms with van der Waals surface area (Å²) in [4.78, 5) is 47.1. The maximum Gasteiger partial charge on any atom is 0.511 e. The van der Waals surface area contributed by atoms with Gasteiger partial charge in [-0.05, 0) is 105 Å². The van der Waals surface area contributed by atoms with Gasteiger partial charge in [0.25, 0.3) is 0 Å². The topological polar surface area (TPSA) is 116 Å². The lowest BCUT2D eigenvalue weighted by atomic mass is 9.44. The van der Waals surface area contributed by atoms with E-state index in [1.165, 1.54) is 19.3 Å². The number of ketones is 1. The molecule has 1 N–H and O–H groups in total. The summed E-state index contributed by atoms with van der Waals surface area (Å²) in [6.45, 7) is 7.73. The molecule has 0 heterocycles. The van der Waals surface area contributed by atoms with Crippen molar-refractivity contribution in [1.29, 1.82) is 0 Å². The first-order valence-corrected chi connectivity index (χ1v) is 14.1. The van der Waals surface area contributed by atoms with E-state index in [2.05, 4.69) is 13.8 Å². The Morgan fingerprint density at radius 2 is 1.59 bits per heavy atom. The Labute approximate surface area is 220 Å². The molecule has 0 aromatic heterocycles. The number of carboxylic acids is 1. The Morgan fingerprint density at radius 3 is 2.30 bits per heavy atom. The molecule has 4 aliphatic rings. The largest absolute Gasteiger partial charge is 0.511 e. The van der Waals surface area contributed by atoms with Crippen LogP contribution in [0.5, 0.6) is 0 Å². The fraction of sp³-hybridized carbons (Fsp3) is 0.862. The number of aliphatic carboxylic acids is 1. The summed E-state index contributed by atoms with van der Waals surface area (Å²) in [5.74, 6) is 1.18. The molecule has 0 bridgehead atoms. The lowest BCUT2D eigenvalue weighted by Gasteiger charge is -2.61. The second-order valence-corrected chi connectivity index (χ2v) is 12.9. The highest BCUT2D eigenvalue weighted by Crippen LogP contribution is 2.67. The Hall–Kier alpha value is -2.12. The first-order chi connectivity index (χ1) is 17.4. The third kappa shape index (κ3) is 5.68. The molecule has 4 fully saturated rings. The van der Waals surface area contributed by atoms with Crippen LogP contribution in [0.2, 0.25) is 0 Å². The Balaban J connectivity index is 1.25. The number of hydrogen-bond acceptors (Lipinski definition) is 7. The lowest BCUT2D eigenvalue weighted by molar-refractivity contribution is -0.157. The third-order valence-corrected chi connectivity index (χ3v) is 10.8. The predicted molar refractivity (Wildman–Crippen MR) is 134 cm³/mol. The molecule has 8 nitrogen and oxygen atoms in total. The van der Waals surface area contributed by atoms with Crippen molar-refractivity contribution in [3.05, 3.63) is 0 Å². The molecule has 0 aliphatic heterocycles. The number of esters is 1. The van der Waals surface area contributed by atoms with Gasteiger partial charge >= 0.3 is 18.1 Å². The van der Waals surface area contributed by atoms with Gasteiger partial charge in [0.15, 0.2) is 0 Å². The number of hydrogen-bond donors (Lipinski definition) is 1. The minimum atomic E-state index is -0.973. The fourth-order valence-corrected chi connectivity index (χ4v) is 9.02. The van der Waals surface area contributed by atoms with Crippen LogP contribution in [0.1, 0.15) is 98.3 Å². The Morgan fingerprint density at radius 1 is 0.892 bits per heavy atom. The first kappa shape index (κ1) is 27.9. The molecule has 37 heavy (non-hydrogen) atoms. The lowest BCUT2D eigenvalue weighted by Crippen LogP contribution is -2.54. The van der Waals surface area contributed by atoms with Gasteiger partial charge in [-0.3, -0.25) is 14.4 Å². The molecule has 0 saturated heterocycles. The minimum absolute atomic E-state index is 0.0504. The van der Waals surface area contributed by atoms with Gasteiger partial charge in [0.05, 0.1) is 0 Å². The van der Waals surface area contributed by atoms with Crippen LogP contribution < -0.4 is 0 Å². The second kappa shape index (κ2) is 10.9. The van der Waals surface area contributed by atoms with Gasteiger partial charge in [-0.1, -0.05) is 20.8 Å². The minimum Gasteiger partial charge on any atom is -0.481 e. The maximum atomic E-state index is 12.4. The van der Waals surface area contributed by atoms with Gasteiger partial charge in [0, 0.05) is 18.8 Å². The van der Waals surface area contributed by atoms with Crippen molar-refractivity contribution in [3.8, 4) is 0 Å². The molecule has 5 unspecified atom stereocenters. The van der Waals surface area contributed by atoms with E-state index in [1.807, 2.05) is 0 Å². The van der Waals surface area contributed by atoms with Crippen molar-refractivity contribution >= 4 is 23.9 Å². The van der Waals surface area contributed by atoms with Gasteiger partial charge in [0.2, 0.25) is 6.79 Å². The van der Waals surface area contributed by atoms with E-state index >= 15 is 0 Å². The van der Waals surface area contributed by atoms with E-state index in [0.29, 0.717) is 29.5 Å². The SMILES string of the molecule is CC(=O)C1CC[C@H]2C3CC[C@H]4C[C@H](OC(=O)OCOC(=O)CC(C)CC(=O)O)CCC4(C)[C@H]3CCC12C. The summed E-state index contributed by atoms with van der Waals surface area (Å²) in [5.41, 5.74) is 0.405.